The van der Waals surface area contributed by atoms with Crippen LogP contribution in [0.5, 0.6) is 11.5 Å². The zero-order valence-corrected chi connectivity index (χ0v) is 16.7. The molecule has 2 rings (SSSR count). The summed E-state index contributed by atoms with van der Waals surface area (Å²) in [6.45, 7) is 4.04. The number of hydrogen-bond acceptors (Lipinski definition) is 5. The Hall–Kier alpha value is -2.91. The van der Waals surface area contributed by atoms with E-state index in [0.29, 0.717) is 27.7 Å². The summed E-state index contributed by atoms with van der Waals surface area (Å²) in [5, 5.41) is 25.0. The first kappa shape index (κ1) is 21.4. The lowest BCUT2D eigenvalue weighted by Crippen LogP contribution is -2.20. The van der Waals surface area contributed by atoms with Gasteiger partial charge < -0.3 is 20.5 Å². The number of ether oxygens (including phenoxy) is 1. The second-order valence-corrected chi connectivity index (χ2v) is 6.89. The van der Waals surface area contributed by atoms with Gasteiger partial charge in [0.1, 0.15) is 11.5 Å². The standard InChI is InChI=1S/C21H24ClN3O3/c1-3-4-5-14(2)21(27)25-18-11-20(26)19(10-17(18)22)24-13-28-16-8-6-15(12-23)7-9-16/h6-11,14,24,26H,3-5,13H2,1-2H3,(H,25,27). The number of carbonyl (C=O) groups excluding carboxylic acids is 1. The van der Waals surface area contributed by atoms with Crippen LogP contribution in [-0.2, 0) is 4.79 Å². The number of nitrogens with one attached hydrogen (secondary N) is 2. The van der Waals surface area contributed by atoms with Gasteiger partial charge in [0.05, 0.1) is 28.0 Å². The van der Waals surface area contributed by atoms with Gasteiger partial charge in [0.2, 0.25) is 5.91 Å². The molecule has 0 heterocycles. The fraction of sp³-hybridized carbons (Fsp3) is 0.333. The summed E-state index contributed by atoms with van der Waals surface area (Å²) in [5.41, 5.74) is 1.30. The molecule has 7 heteroatoms. The van der Waals surface area contributed by atoms with Crippen molar-refractivity contribution in [2.45, 2.75) is 33.1 Å². The number of amides is 1. The van der Waals surface area contributed by atoms with Crippen LogP contribution in [0.1, 0.15) is 38.7 Å². The molecule has 0 radical (unpaired) electrons. The van der Waals surface area contributed by atoms with Gasteiger partial charge in [-0.1, -0.05) is 38.3 Å². The van der Waals surface area contributed by atoms with Crippen LogP contribution in [0, 0.1) is 17.2 Å². The van der Waals surface area contributed by atoms with Gasteiger partial charge in [-0.3, -0.25) is 4.79 Å². The zero-order valence-electron chi connectivity index (χ0n) is 16.0. The maximum Gasteiger partial charge on any atom is 0.227 e. The Bertz CT molecular complexity index is 847. The van der Waals surface area contributed by atoms with Gasteiger partial charge in [-0.05, 0) is 36.8 Å². The number of carbonyl (C=O) groups is 1. The Morgan fingerprint density at radius 2 is 2.00 bits per heavy atom. The largest absolute Gasteiger partial charge is 0.506 e. The van der Waals surface area contributed by atoms with Crippen molar-refractivity contribution in [2.24, 2.45) is 5.92 Å². The monoisotopic (exact) mass is 401 g/mol. The van der Waals surface area contributed by atoms with Crippen molar-refractivity contribution in [1.29, 1.82) is 5.26 Å². The number of nitriles is 1. The van der Waals surface area contributed by atoms with Crippen molar-refractivity contribution in [3.05, 3.63) is 47.0 Å². The van der Waals surface area contributed by atoms with Crippen LogP contribution in [0.3, 0.4) is 0 Å². The van der Waals surface area contributed by atoms with Gasteiger partial charge in [0.15, 0.2) is 6.73 Å². The van der Waals surface area contributed by atoms with Crippen LogP contribution in [-0.4, -0.2) is 17.7 Å². The van der Waals surface area contributed by atoms with Crippen molar-refractivity contribution >= 4 is 28.9 Å². The molecule has 1 unspecified atom stereocenters. The van der Waals surface area contributed by atoms with Crippen LogP contribution in [0.2, 0.25) is 5.02 Å². The number of benzene rings is 2. The smallest absolute Gasteiger partial charge is 0.227 e. The molecule has 0 saturated heterocycles. The van der Waals surface area contributed by atoms with E-state index in [-0.39, 0.29) is 24.3 Å². The normalized spacial score (nSPS) is 11.4. The molecule has 6 nitrogen and oxygen atoms in total. The predicted octanol–water partition coefficient (Wildman–Crippen LogP) is 5.13. The van der Waals surface area contributed by atoms with Gasteiger partial charge >= 0.3 is 0 Å². The molecule has 0 saturated carbocycles. The van der Waals surface area contributed by atoms with Crippen LogP contribution >= 0.6 is 11.6 Å². The molecule has 1 amide bonds. The average Bonchev–Trinajstić information content (AvgIpc) is 2.70. The van der Waals surface area contributed by atoms with Gasteiger partial charge in [-0.2, -0.15) is 5.26 Å². The Morgan fingerprint density at radius 1 is 1.29 bits per heavy atom. The number of rotatable bonds is 9. The van der Waals surface area contributed by atoms with E-state index in [4.69, 9.17) is 21.6 Å². The van der Waals surface area contributed by atoms with Gasteiger partial charge in [0, 0.05) is 12.0 Å². The molecular weight excluding hydrogens is 378 g/mol. The molecule has 0 spiro atoms. The van der Waals surface area contributed by atoms with Gasteiger partial charge in [-0.25, -0.2) is 0 Å². The van der Waals surface area contributed by atoms with E-state index < -0.39 is 0 Å². The number of phenolic OH excluding ortho intramolecular Hbond substituents is 1. The molecule has 0 bridgehead atoms. The van der Waals surface area contributed by atoms with E-state index in [2.05, 4.69) is 17.6 Å². The minimum Gasteiger partial charge on any atom is -0.506 e. The Kier molecular flexibility index (Phi) is 7.97. The van der Waals surface area contributed by atoms with Crippen molar-refractivity contribution in [3.63, 3.8) is 0 Å². The summed E-state index contributed by atoms with van der Waals surface area (Å²) in [6, 6.07) is 11.7. The zero-order chi connectivity index (χ0) is 20.5. The number of hydrogen-bond donors (Lipinski definition) is 3. The SMILES string of the molecule is CCCCC(C)C(=O)Nc1cc(O)c(NCOc2ccc(C#N)cc2)cc1Cl. The molecule has 0 aliphatic carbocycles. The van der Waals surface area contributed by atoms with E-state index in [1.54, 1.807) is 24.3 Å². The Balaban J connectivity index is 1.95. The number of unbranched alkanes of at least 4 members (excludes halogenated alkanes) is 1. The third-order valence-electron chi connectivity index (χ3n) is 4.27. The van der Waals surface area contributed by atoms with E-state index in [1.165, 1.54) is 12.1 Å². The molecule has 0 aliphatic heterocycles. The second kappa shape index (κ2) is 10.4. The van der Waals surface area contributed by atoms with Crippen molar-refractivity contribution in [3.8, 4) is 17.6 Å². The number of halogens is 1. The fourth-order valence-corrected chi connectivity index (χ4v) is 2.73. The van der Waals surface area contributed by atoms with Crippen LogP contribution in [0.4, 0.5) is 11.4 Å². The lowest BCUT2D eigenvalue weighted by atomic mass is 10.0. The molecule has 1 atom stereocenters. The topological polar surface area (TPSA) is 94.4 Å². The predicted molar refractivity (Wildman–Crippen MR) is 111 cm³/mol. The molecule has 28 heavy (non-hydrogen) atoms. The summed E-state index contributed by atoms with van der Waals surface area (Å²) in [7, 11) is 0. The highest BCUT2D eigenvalue weighted by Gasteiger charge is 2.15. The van der Waals surface area contributed by atoms with Crippen LogP contribution < -0.4 is 15.4 Å². The van der Waals surface area contributed by atoms with Crippen LogP contribution in [0.15, 0.2) is 36.4 Å². The maximum atomic E-state index is 12.2. The lowest BCUT2D eigenvalue weighted by molar-refractivity contribution is -0.119. The van der Waals surface area contributed by atoms with E-state index in [0.717, 1.165) is 19.3 Å². The maximum absolute atomic E-state index is 12.2. The first-order valence-electron chi connectivity index (χ1n) is 9.14. The van der Waals surface area contributed by atoms with Crippen LogP contribution in [0.25, 0.3) is 0 Å². The number of anilines is 2. The lowest BCUT2D eigenvalue weighted by Gasteiger charge is -2.15. The second-order valence-electron chi connectivity index (χ2n) is 6.48. The number of aromatic hydroxyl groups is 1. The average molecular weight is 402 g/mol. The molecule has 0 fully saturated rings. The highest BCUT2D eigenvalue weighted by molar-refractivity contribution is 6.34. The summed E-state index contributed by atoms with van der Waals surface area (Å²) in [4.78, 5) is 12.2. The first-order chi connectivity index (χ1) is 13.4. The minimum atomic E-state index is -0.128. The molecule has 0 aliphatic rings. The summed E-state index contributed by atoms with van der Waals surface area (Å²) in [6.07, 6.45) is 2.82. The Labute approximate surface area is 170 Å². The van der Waals surface area contributed by atoms with E-state index in [9.17, 15) is 9.90 Å². The third-order valence-corrected chi connectivity index (χ3v) is 4.58. The quantitative estimate of drug-likeness (QED) is 0.400. The molecule has 2 aromatic rings. The van der Waals surface area contributed by atoms with Gasteiger partial charge in [-0.15, -0.1) is 0 Å². The molecule has 0 aromatic heterocycles. The highest BCUT2D eigenvalue weighted by Crippen LogP contribution is 2.34. The first-order valence-corrected chi connectivity index (χ1v) is 9.52. The fourth-order valence-electron chi connectivity index (χ4n) is 2.52. The van der Waals surface area contributed by atoms with Crippen molar-refractivity contribution in [2.75, 3.05) is 17.4 Å². The molecular formula is C21H24ClN3O3. The van der Waals surface area contributed by atoms with Crippen molar-refractivity contribution in [1.82, 2.24) is 0 Å². The number of nitrogens with zero attached hydrogens (tertiary/aromatic N) is 1. The minimum absolute atomic E-state index is 0.0515. The van der Waals surface area contributed by atoms with E-state index >= 15 is 0 Å². The van der Waals surface area contributed by atoms with E-state index in [1.807, 2.05) is 13.0 Å². The third kappa shape index (κ3) is 6.07. The Morgan fingerprint density at radius 3 is 2.64 bits per heavy atom. The van der Waals surface area contributed by atoms with Crippen molar-refractivity contribution < 1.29 is 14.6 Å². The summed E-state index contributed by atoms with van der Waals surface area (Å²) < 4.78 is 5.52. The summed E-state index contributed by atoms with van der Waals surface area (Å²) in [5.74, 6) is 0.280. The highest BCUT2D eigenvalue weighted by atomic mass is 35.5. The van der Waals surface area contributed by atoms with Gasteiger partial charge in [0.25, 0.3) is 0 Å². The number of phenols is 1. The molecule has 148 valence electrons. The molecule has 3 N–H and O–H groups in total. The molecule has 2 aromatic carbocycles. The summed E-state index contributed by atoms with van der Waals surface area (Å²) >= 11 is 6.25.